The van der Waals surface area contributed by atoms with Crippen LogP contribution in [0.15, 0.2) is 57.4 Å². The van der Waals surface area contributed by atoms with E-state index in [0.29, 0.717) is 17.1 Å². The fraction of sp³-hybridized carbons (Fsp3) is 0.105. The Hall–Kier alpha value is -2.53. The van der Waals surface area contributed by atoms with Gasteiger partial charge in [-0.1, -0.05) is 28.1 Å². The second-order valence-electron chi connectivity index (χ2n) is 5.62. The molecule has 0 radical (unpaired) electrons. The van der Waals surface area contributed by atoms with E-state index in [1.54, 1.807) is 24.3 Å². The number of carbonyl (C=O) groups excluding carboxylic acids is 1. The van der Waals surface area contributed by atoms with Crippen LogP contribution in [0.3, 0.4) is 0 Å². The summed E-state index contributed by atoms with van der Waals surface area (Å²) >= 11 is 3.53. The van der Waals surface area contributed by atoms with Crippen molar-refractivity contribution in [1.29, 1.82) is 0 Å². The van der Waals surface area contributed by atoms with Crippen molar-refractivity contribution >= 4 is 33.2 Å². The fourth-order valence-corrected chi connectivity index (χ4v) is 3.09. The molecule has 24 heavy (non-hydrogen) atoms. The number of hydrogen-bond donors (Lipinski definition) is 2. The van der Waals surface area contributed by atoms with Crippen LogP contribution in [-0.2, 0) is 0 Å². The molecular weight excluding hydrogens is 368 g/mol. The monoisotopic (exact) mass is 384 g/mol. The summed E-state index contributed by atoms with van der Waals surface area (Å²) in [6, 6.07) is 14.8. The highest BCUT2D eigenvalue weighted by molar-refractivity contribution is 9.10. The van der Waals surface area contributed by atoms with Crippen LogP contribution in [0.25, 0.3) is 11.3 Å². The number of nitrogens with two attached hydrogens (primary N) is 1. The zero-order chi connectivity index (χ0) is 17.3. The van der Waals surface area contributed by atoms with E-state index in [-0.39, 0.29) is 11.7 Å². The fourth-order valence-electron chi connectivity index (χ4n) is 2.40. The lowest BCUT2D eigenvalue weighted by Crippen LogP contribution is -2.12. The summed E-state index contributed by atoms with van der Waals surface area (Å²) in [4.78, 5) is 12.4. The SMILES string of the molecule is Cc1ccc(-c2ccc(C(=O)Nc3cccc(N)c3C)o2)c(Br)c1. The molecule has 0 aliphatic carbocycles. The molecule has 1 heterocycles. The van der Waals surface area contributed by atoms with Gasteiger partial charge < -0.3 is 15.5 Å². The van der Waals surface area contributed by atoms with Gasteiger partial charge in [0, 0.05) is 21.4 Å². The third-order valence-electron chi connectivity index (χ3n) is 3.84. The summed E-state index contributed by atoms with van der Waals surface area (Å²) in [6.07, 6.45) is 0. The summed E-state index contributed by atoms with van der Waals surface area (Å²) < 4.78 is 6.65. The topological polar surface area (TPSA) is 68.3 Å². The van der Waals surface area contributed by atoms with Crippen molar-refractivity contribution in [3.8, 4) is 11.3 Å². The molecule has 0 spiro atoms. The van der Waals surface area contributed by atoms with Crippen molar-refractivity contribution in [1.82, 2.24) is 0 Å². The third-order valence-corrected chi connectivity index (χ3v) is 4.50. The first kappa shape index (κ1) is 16.3. The minimum absolute atomic E-state index is 0.249. The van der Waals surface area contributed by atoms with Crippen molar-refractivity contribution in [2.75, 3.05) is 11.1 Å². The van der Waals surface area contributed by atoms with Crippen molar-refractivity contribution < 1.29 is 9.21 Å². The van der Waals surface area contributed by atoms with Gasteiger partial charge in [-0.3, -0.25) is 4.79 Å². The maximum absolute atomic E-state index is 12.4. The summed E-state index contributed by atoms with van der Waals surface area (Å²) in [7, 11) is 0. The summed E-state index contributed by atoms with van der Waals surface area (Å²) in [6.45, 7) is 3.88. The zero-order valence-corrected chi connectivity index (χ0v) is 15.0. The largest absolute Gasteiger partial charge is 0.451 e. The highest BCUT2D eigenvalue weighted by atomic mass is 79.9. The number of furan rings is 1. The molecule has 0 unspecified atom stereocenters. The van der Waals surface area contributed by atoms with Crippen molar-refractivity contribution in [3.63, 3.8) is 0 Å². The maximum Gasteiger partial charge on any atom is 0.291 e. The predicted octanol–water partition coefficient (Wildman–Crippen LogP) is 5.16. The van der Waals surface area contributed by atoms with Gasteiger partial charge in [0.05, 0.1) is 0 Å². The Morgan fingerprint density at radius 2 is 1.92 bits per heavy atom. The van der Waals surface area contributed by atoms with E-state index in [1.165, 1.54) is 0 Å². The van der Waals surface area contributed by atoms with E-state index < -0.39 is 0 Å². The molecule has 3 rings (SSSR count). The summed E-state index contributed by atoms with van der Waals surface area (Å²) in [5.41, 5.74) is 10.1. The minimum atomic E-state index is -0.307. The molecule has 5 heteroatoms. The van der Waals surface area contributed by atoms with Crippen LogP contribution < -0.4 is 11.1 Å². The number of aryl methyl sites for hydroxylation is 1. The van der Waals surface area contributed by atoms with Gasteiger partial charge in [0.25, 0.3) is 5.91 Å². The predicted molar refractivity (Wildman–Crippen MR) is 100 cm³/mol. The highest BCUT2D eigenvalue weighted by Crippen LogP contribution is 2.31. The van der Waals surface area contributed by atoms with Gasteiger partial charge in [0.1, 0.15) is 5.76 Å². The minimum Gasteiger partial charge on any atom is -0.451 e. The first-order valence-corrected chi connectivity index (χ1v) is 8.28. The van der Waals surface area contributed by atoms with Crippen LogP contribution in [0, 0.1) is 13.8 Å². The molecule has 4 nitrogen and oxygen atoms in total. The van der Waals surface area contributed by atoms with Gasteiger partial charge >= 0.3 is 0 Å². The van der Waals surface area contributed by atoms with E-state index in [1.807, 2.05) is 38.1 Å². The summed E-state index contributed by atoms with van der Waals surface area (Å²) in [5.74, 6) is 0.578. The molecule has 0 aliphatic heterocycles. The third kappa shape index (κ3) is 3.21. The average Bonchev–Trinajstić information content (AvgIpc) is 3.01. The molecule has 122 valence electrons. The van der Waals surface area contributed by atoms with Gasteiger partial charge in [-0.05, 0) is 61.4 Å². The van der Waals surface area contributed by atoms with Crippen LogP contribution in [0.4, 0.5) is 11.4 Å². The second kappa shape index (κ2) is 6.53. The van der Waals surface area contributed by atoms with E-state index in [0.717, 1.165) is 21.2 Å². The Labute approximate surface area is 148 Å². The molecular formula is C19H17BrN2O2. The number of anilines is 2. The van der Waals surface area contributed by atoms with Gasteiger partial charge in [-0.25, -0.2) is 0 Å². The number of carbonyl (C=O) groups is 1. The molecule has 0 saturated carbocycles. The van der Waals surface area contributed by atoms with E-state index >= 15 is 0 Å². The molecule has 3 aromatic rings. The molecule has 3 N–H and O–H groups in total. The summed E-state index contributed by atoms with van der Waals surface area (Å²) in [5, 5.41) is 2.83. The van der Waals surface area contributed by atoms with Crippen LogP contribution in [0.5, 0.6) is 0 Å². The number of hydrogen-bond acceptors (Lipinski definition) is 3. The Morgan fingerprint density at radius 1 is 1.12 bits per heavy atom. The smallest absolute Gasteiger partial charge is 0.291 e. The molecule has 0 atom stereocenters. The number of benzene rings is 2. The first-order chi connectivity index (χ1) is 11.5. The number of amides is 1. The van der Waals surface area contributed by atoms with Crippen LogP contribution >= 0.6 is 15.9 Å². The second-order valence-corrected chi connectivity index (χ2v) is 6.48. The molecule has 0 fully saturated rings. The van der Waals surface area contributed by atoms with Gasteiger partial charge in [0.2, 0.25) is 0 Å². The molecule has 2 aromatic carbocycles. The number of halogens is 1. The molecule has 0 aliphatic rings. The van der Waals surface area contributed by atoms with Gasteiger partial charge in [0.15, 0.2) is 5.76 Å². The zero-order valence-electron chi connectivity index (χ0n) is 13.4. The van der Waals surface area contributed by atoms with Crippen LogP contribution in [0.1, 0.15) is 21.7 Å². The normalized spacial score (nSPS) is 10.6. The molecule has 1 aromatic heterocycles. The maximum atomic E-state index is 12.4. The Kier molecular flexibility index (Phi) is 4.44. The number of rotatable bonds is 3. The number of nitrogen functional groups attached to an aromatic ring is 1. The Balaban J connectivity index is 1.85. The lowest BCUT2D eigenvalue weighted by Gasteiger charge is -2.09. The molecule has 0 bridgehead atoms. The molecule has 1 amide bonds. The Morgan fingerprint density at radius 3 is 2.67 bits per heavy atom. The number of nitrogens with one attached hydrogen (secondary N) is 1. The van der Waals surface area contributed by atoms with Crippen molar-refractivity contribution in [3.05, 3.63) is 69.9 Å². The quantitative estimate of drug-likeness (QED) is 0.612. The van der Waals surface area contributed by atoms with Crippen molar-refractivity contribution in [2.45, 2.75) is 13.8 Å². The van der Waals surface area contributed by atoms with Crippen LogP contribution in [0.2, 0.25) is 0 Å². The first-order valence-electron chi connectivity index (χ1n) is 7.48. The Bertz CT molecular complexity index is 915. The van der Waals surface area contributed by atoms with Crippen LogP contribution in [-0.4, -0.2) is 5.91 Å². The standard InChI is InChI=1S/C19H17BrN2O2/c1-11-6-7-13(14(20)10-11)17-8-9-18(24-17)19(23)22-16-5-3-4-15(21)12(16)2/h3-10H,21H2,1-2H3,(H,22,23). The molecule has 0 saturated heterocycles. The van der Waals surface area contributed by atoms with E-state index in [9.17, 15) is 4.79 Å². The van der Waals surface area contributed by atoms with Gasteiger partial charge in [-0.15, -0.1) is 0 Å². The lowest BCUT2D eigenvalue weighted by molar-refractivity contribution is 0.0997. The van der Waals surface area contributed by atoms with Crippen molar-refractivity contribution in [2.24, 2.45) is 0 Å². The van der Waals surface area contributed by atoms with E-state index in [2.05, 4.69) is 21.2 Å². The highest BCUT2D eigenvalue weighted by Gasteiger charge is 2.15. The average molecular weight is 385 g/mol. The lowest BCUT2D eigenvalue weighted by atomic mass is 10.1. The van der Waals surface area contributed by atoms with E-state index in [4.69, 9.17) is 10.2 Å². The van der Waals surface area contributed by atoms with Gasteiger partial charge in [-0.2, -0.15) is 0 Å².